The Hall–Kier alpha value is -1.72. The van der Waals surface area contributed by atoms with Gasteiger partial charge in [0.1, 0.15) is 0 Å². The van der Waals surface area contributed by atoms with Crippen molar-refractivity contribution >= 4 is 0 Å². The molecule has 0 saturated heterocycles. The van der Waals surface area contributed by atoms with Crippen molar-refractivity contribution in [3.8, 4) is 11.3 Å². The fourth-order valence-electron chi connectivity index (χ4n) is 3.06. The number of aromatic amines is 1. The van der Waals surface area contributed by atoms with Crippen molar-refractivity contribution in [1.29, 1.82) is 0 Å². The largest absolute Gasteiger partial charge is 0.393 e. The van der Waals surface area contributed by atoms with E-state index in [1.807, 2.05) is 24.5 Å². The predicted octanol–water partition coefficient (Wildman–Crippen LogP) is 2.11. The summed E-state index contributed by atoms with van der Waals surface area (Å²) in [7, 11) is 0. The van der Waals surface area contributed by atoms with Gasteiger partial charge in [-0.3, -0.25) is 10.1 Å². The first-order valence-electron chi connectivity index (χ1n) is 7.64. The molecular formula is C16H22N4O. The summed E-state index contributed by atoms with van der Waals surface area (Å²) in [6.07, 6.45) is 9.61. The van der Waals surface area contributed by atoms with Crippen LogP contribution >= 0.6 is 0 Å². The number of aliphatic hydroxyl groups is 1. The Labute approximate surface area is 124 Å². The quantitative estimate of drug-likeness (QED) is 0.787. The van der Waals surface area contributed by atoms with Crippen LogP contribution in [0.2, 0.25) is 0 Å². The number of aliphatic hydroxyl groups excluding tert-OH is 1. The highest BCUT2D eigenvalue weighted by atomic mass is 16.3. The summed E-state index contributed by atoms with van der Waals surface area (Å²) in [5.41, 5.74) is 3.23. The van der Waals surface area contributed by atoms with E-state index in [-0.39, 0.29) is 6.10 Å². The molecular weight excluding hydrogens is 264 g/mol. The maximum atomic E-state index is 9.71. The summed E-state index contributed by atoms with van der Waals surface area (Å²) in [4.78, 5) is 4.15. The minimum Gasteiger partial charge on any atom is -0.393 e. The monoisotopic (exact) mass is 286 g/mol. The first kappa shape index (κ1) is 14.2. The van der Waals surface area contributed by atoms with Crippen molar-refractivity contribution in [3.63, 3.8) is 0 Å². The summed E-state index contributed by atoms with van der Waals surface area (Å²) in [5, 5.41) is 20.4. The molecule has 3 rings (SSSR count). The molecule has 2 heterocycles. The lowest BCUT2D eigenvalue weighted by Gasteiger charge is -2.25. The Morgan fingerprint density at radius 1 is 1.33 bits per heavy atom. The van der Waals surface area contributed by atoms with Gasteiger partial charge < -0.3 is 10.4 Å². The molecule has 0 aromatic carbocycles. The molecule has 3 N–H and O–H groups in total. The van der Waals surface area contributed by atoms with Crippen LogP contribution in [0, 0.1) is 5.92 Å². The van der Waals surface area contributed by atoms with Gasteiger partial charge in [-0.15, -0.1) is 0 Å². The van der Waals surface area contributed by atoms with Crippen LogP contribution in [0.25, 0.3) is 11.3 Å². The minimum atomic E-state index is -0.106. The van der Waals surface area contributed by atoms with E-state index in [1.54, 1.807) is 6.20 Å². The molecule has 2 atom stereocenters. The van der Waals surface area contributed by atoms with Gasteiger partial charge in [0, 0.05) is 30.1 Å². The number of hydrogen-bond acceptors (Lipinski definition) is 4. The maximum absolute atomic E-state index is 9.71. The molecule has 1 saturated carbocycles. The standard InChI is InChI=1S/C16H22N4O/c21-15-5-1-3-12(7-15)8-18-10-14-11-19-20-16(14)13-4-2-6-17-9-13/h2,4,6,9,11-12,15,18,21H,1,3,5,7-8,10H2,(H,19,20). The third-order valence-corrected chi connectivity index (χ3v) is 4.17. The van der Waals surface area contributed by atoms with Gasteiger partial charge in [0.25, 0.3) is 0 Å². The van der Waals surface area contributed by atoms with E-state index >= 15 is 0 Å². The molecule has 21 heavy (non-hydrogen) atoms. The molecule has 5 heteroatoms. The van der Waals surface area contributed by atoms with Gasteiger partial charge >= 0.3 is 0 Å². The van der Waals surface area contributed by atoms with Crippen molar-refractivity contribution in [2.24, 2.45) is 5.92 Å². The number of hydrogen-bond donors (Lipinski definition) is 3. The van der Waals surface area contributed by atoms with Gasteiger partial charge in [-0.1, -0.05) is 6.42 Å². The van der Waals surface area contributed by atoms with E-state index in [4.69, 9.17) is 0 Å². The molecule has 0 amide bonds. The Morgan fingerprint density at radius 3 is 3.10 bits per heavy atom. The van der Waals surface area contributed by atoms with E-state index < -0.39 is 0 Å². The van der Waals surface area contributed by atoms with Gasteiger partial charge in [0.05, 0.1) is 18.0 Å². The van der Waals surface area contributed by atoms with Crippen molar-refractivity contribution < 1.29 is 5.11 Å². The molecule has 2 aromatic rings. The highest BCUT2D eigenvalue weighted by molar-refractivity contribution is 5.61. The van der Waals surface area contributed by atoms with Crippen LogP contribution < -0.4 is 5.32 Å². The van der Waals surface area contributed by atoms with E-state index in [1.165, 1.54) is 6.42 Å². The summed E-state index contributed by atoms with van der Waals surface area (Å²) in [6.45, 7) is 1.74. The van der Waals surface area contributed by atoms with Crippen LogP contribution in [0.3, 0.4) is 0 Å². The molecule has 2 aromatic heterocycles. The Bertz CT molecular complexity index is 554. The molecule has 5 nitrogen and oxygen atoms in total. The number of pyridine rings is 1. The van der Waals surface area contributed by atoms with E-state index in [0.717, 1.165) is 49.2 Å². The van der Waals surface area contributed by atoms with Crippen LogP contribution in [0.4, 0.5) is 0 Å². The number of H-pyrrole nitrogens is 1. The Morgan fingerprint density at radius 2 is 2.29 bits per heavy atom. The maximum Gasteiger partial charge on any atom is 0.0710 e. The van der Waals surface area contributed by atoms with Crippen molar-refractivity contribution in [3.05, 3.63) is 36.3 Å². The van der Waals surface area contributed by atoms with Gasteiger partial charge in [-0.05, 0) is 43.9 Å². The van der Waals surface area contributed by atoms with Gasteiger partial charge in [-0.25, -0.2) is 0 Å². The second-order valence-electron chi connectivity index (χ2n) is 5.83. The lowest BCUT2D eigenvalue weighted by Crippen LogP contribution is -2.28. The first-order chi connectivity index (χ1) is 10.3. The lowest BCUT2D eigenvalue weighted by atomic mass is 9.87. The first-order valence-corrected chi connectivity index (χ1v) is 7.64. The number of aromatic nitrogens is 3. The molecule has 2 unspecified atom stereocenters. The molecule has 112 valence electrons. The van der Waals surface area contributed by atoms with Crippen LogP contribution in [-0.4, -0.2) is 32.9 Å². The van der Waals surface area contributed by atoms with Crippen molar-refractivity contribution in [2.75, 3.05) is 6.54 Å². The highest BCUT2D eigenvalue weighted by Gasteiger charge is 2.19. The molecule has 1 fully saturated rings. The lowest BCUT2D eigenvalue weighted by molar-refractivity contribution is 0.101. The normalized spacial score (nSPS) is 22.3. The average molecular weight is 286 g/mol. The second kappa shape index (κ2) is 6.83. The van der Waals surface area contributed by atoms with Crippen LogP contribution in [0.1, 0.15) is 31.2 Å². The zero-order valence-corrected chi connectivity index (χ0v) is 12.1. The second-order valence-corrected chi connectivity index (χ2v) is 5.83. The number of rotatable bonds is 5. The van der Waals surface area contributed by atoms with Gasteiger partial charge in [0.2, 0.25) is 0 Å². The molecule has 0 bridgehead atoms. The van der Waals surface area contributed by atoms with E-state index in [9.17, 15) is 5.11 Å². The van der Waals surface area contributed by atoms with Crippen LogP contribution in [0.15, 0.2) is 30.7 Å². The summed E-state index contributed by atoms with van der Waals surface area (Å²) < 4.78 is 0. The van der Waals surface area contributed by atoms with Crippen molar-refractivity contribution in [1.82, 2.24) is 20.5 Å². The molecule has 0 spiro atoms. The molecule has 1 aliphatic carbocycles. The summed E-state index contributed by atoms with van der Waals surface area (Å²) in [6, 6.07) is 3.96. The van der Waals surface area contributed by atoms with Crippen molar-refractivity contribution in [2.45, 2.75) is 38.3 Å². The molecule has 0 aliphatic heterocycles. The zero-order valence-electron chi connectivity index (χ0n) is 12.1. The van der Waals surface area contributed by atoms with E-state index in [0.29, 0.717) is 5.92 Å². The zero-order chi connectivity index (χ0) is 14.5. The minimum absolute atomic E-state index is 0.106. The Balaban J connectivity index is 1.55. The third-order valence-electron chi connectivity index (χ3n) is 4.17. The highest BCUT2D eigenvalue weighted by Crippen LogP contribution is 2.24. The smallest absolute Gasteiger partial charge is 0.0710 e. The predicted molar refractivity (Wildman–Crippen MR) is 81.5 cm³/mol. The van der Waals surface area contributed by atoms with Gasteiger partial charge in [-0.2, -0.15) is 5.10 Å². The summed E-state index contributed by atoms with van der Waals surface area (Å²) >= 11 is 0. The molecule has 0 radical (unpaired) electrons. The Kier molecular flexibility index (Phi) is 4.62. The number of nitrogens with one attached hydrogen (secondary N) is 2. The van der Waals surface area contributed by atoms with Crippen LogP contribution in [0.5, 0.6) is 0 Å². The fraction of sp³-hybridized carbons (Fsp3) is 0.500. The fourth-order valence-corrected chi connectivity index (χ4v) is 3.06. The van der Waals surface area contributed by atoms with Crippen LogP contribution in [-0.2, 0) is 6.54 Å². The topological polar surface area (TPSA) is 73.8 Å². The van der Waals surface area contributed by atoms with Gasteiger partial charge in [0.15, 0.2) is 0 Å². The average Bonchev–Trinajstić information content (AvgIpc) is 2.97. The number of nitrogens with zero attached hydrogens (tertiary/aromatic N) is 2. The third kappa shape index (κ3) is 3.68. The molecule has 1 aliphatic rings. The SMILES string of the molecule is OC1CCCC(CNCc2cn[nH]c2-c2cccnc2)C1. The van der Waals surface area contributed by atoms with E-state index in [2.05, 4.69) is 20.5 Å². The summed E-state index contributed by atoms with van der Waals surface area (Å²) in [5.74, 6) is 0.586.